The molecule has 2 atom stereocenters. The van der Waals surface area contributed by atoms with E-state index in [2.05, 4.69) is 36.9 Å². The third-order valence-electron chi connectivity index (χ3n) is 5.86. The van der Waals surface area contributed by atoms with Crippen molar-refractivity contribution in [3.63, 3.8) is 0 Å². The molecule has 0 aromatic heterocycles. The molecular weight excluding hydrogens is 423 g/mol. The lowest BCUT2D eigenvalue weighted by Crippen LogP contribution is -2.29. The van der Waals surface area contributed by atoms with Crippen LogP contribution in [0.4, 0.5) is 0 Å². The standard InChI is InChI=1S/C27H24Cl2N2/c1-2-17-27(18-30,19-31)26-6-4-3-5-25(26)24(21-10-14-23(29)15-11-21)16-9-20-7-12-22(28)13-8-20/h2,6-16,24-25H,1,3-5,17H2. The fourth-order valence-electron chi connectivity index (χ4n) is 4.30. The Labute approximate surface area is 194 Å². The Bertz CT molecular complexity index is 1040. The maximum Gasteiger partial charge on any atom is 0.168 e. The van der Waals surface area contributed by atoms with E-state index >= 15 is 0 Å². The van der Waals surface area contributed by atoms with Crippen LogP contribution in [0.5, 0.6) is 0 Å². The summed E-state index contributed by atoms with van der Waals surface area (Å²) < 4.78 is 0. The molecule has 0 spiro atoms. The Hall–Kier alpha value is -2.78. The maximum absolute atomic E-state index is 9.99. The second-order valence-electron chi connectivity index (χ2n) is 7.81. The molecule has 0 bridgehead atoms. The summed E-state index contributed by atoms with van der Waals surface area (Å²) in [7, 11) is 0. The highest BCUT2D eigenvalue weighted by Gasteiger charge is 2.41. The number of nitrogens with zero attached hydrogens (tertiary/aromatic N) is 2. The largest absolute Gasteiger partial charge is 0.196 e. The summed E-state index contributed by atoms with van der Waals surface area (Å²) in [5.74, 6) is 0.0445. The van der Waals surface area contributed by atoms with Crippen LogP contribution >= 0.6 is 23.2 Å². The van der Waals surface area contributed by atoms with E-state index in [1.54, 1.807) is 6.08 Å². The van der Waals surface area contributed by atoms with Crippen LogP contribution in [0.2, 0.25) is 10.0 Å². The third kappa shape index (κ3) is 5.29. The Morgan fingerprint density at radius 1 is 1.03 bits per heavy atom. The van der Waals surface area contributed by atoms with Gasteiger partial charge in [0.25, 0.3) is 0 Å². The number of rotatable bonds is 7. The van der Waals surface area contributed by atoms with E-state index < -0.39 is 5.41 Å². The maximum atomic E-state index is 9.99. The van der Waals surface area contributed by atoms with Crippen molar-refractivity contribution in [2.75, 3.05) is 0 Å². The number of halogens is 2. The lowest BCUT2D eigenvalue weighted by molar-refractivity contribution is 0.405. The molecule has 0 fully saturated rings. The Balaban J connectivity index is 2.07. The average Bonchev–Trinajstić information content (AvgIpc) is 2.80. The van der Waals surface area contributed by atoms with Crippen LogP contribution in [0, 0.1) is 34.0 Å². The first-order chi connectivity index (χ1) is 15.0. The van der Waals surface area contributed by atoms with E-state index in [-0.39, 0.29) is 11.8 Å². The highest BCUT2D eigenvalue weighted by Crippen LogP contribution is 2.47. The molecular formula is C27H24Cl2N2. The molecule has 0 N–H and O–H groups in total. The van der Waals surface area contributed by atoms with Crippen molar-refractivity contribution < 1.29 is 0 Å². The van der Waals surface area contributed by atoms with Crippen LogP contribution < -0.4 is 0 Å². The van der Waals surface area contributed by atoms with Gasteiger partial charge in [-0.3, -0.25) is 0 Å². The number of hydrogen-bond acceptors (Lipinski definition) is 2. The molecule has 0 aliphatic heterocycles. The lowest BCUT2D eigenvalue weighted by atomic mass is 9.65. The molecule has 31 heavy (non-hydrogen) atoms. The first kappa shape index (κ1) is 22.9. The van der Waals surface area contributed by atoms with Crippen LogP contribution in [0.3, 0.4) is 0 Å². The second-order valence-corrected chi connectivity index (χ2v) is 8.68. The average molecular weight is 447 g/mol. The predicted molar refractivity (Wildman–Crippen MR) is 129 cm³/mol. The van der Waals surface area contributed by atoms with Crippen LogP contribution in [0.25, 0.3) is 6.08 Å². The fourth-order valence-corrected chi connectivity index (χ4v) is 4.55. The smallest absolute Gasteiger partial charge is 0.168 e. The van der Waals surface area contributed by atoms with Crippen LogP contribution in [0.1, 0.15) is 42.7 Å². The normalized spacial score (nSPS) is 17.4. The molecule has 2 nitrogen and oxygen atoms in total. The molecule has 2 aromatic rings. The molecule has 3 rings (SSSR count). The highest BCUT2D eigenvalue weighted by molar-refractivity contribution is 6.30. The van der Waals surface area contributed by atoms with Gasteiger partial charge in [-0.2, -0.15) is 10.5 Å². The van der Waals surface area contributed by atoms with Gasteiger partial charge < -0.3 is 0 Å². The summed E-state index contributed by atoms with van der Waals surface area (Å²) in [6.45, 7) is 3.79. The fraction of sp³-hybridized carbons (Fsp3) is 0.259. The zero-order valence-corrected chi connectivity index (χ0v) is 18.8. The van der Waals surface area contributed by atoms with E-state index in [0.29, 0.717) is 16.5 Å². The molecule has 2 aromatic carbocycles. The number of allylic oxidation sites excluding steroid dienone is 4. The van der Waals surface area contributed by atoms with E-state index in [0.717, 1.165) is 36.0 Å². The van der Waals surface area contributed by atoms with Gasteiger partial charge in [-0.05, 0) is 66.1 Å². The molecule has 156 valence electrons. The SMILES string of the molecule is C=CCC(C#N)(C#N)C1=CCCCC1C(C=Cc1ccc(Cl)cc1)c1ccc(Cl)cc1. The summed E-state index contributed by atoms with van der Waals surface area (Å²) in [5, 5.41) is 21.4. The van der Waals surface area contributed by atoms with Gasteiger partial charge in [-0.1, -0.05) is 71.8 Å². The van der Waals surface area contributed by atoms with Crippen molar-refractivity contribution in [1.29, 1.82) is 10.5 Å². The van der Waals surface area contributed by atoms with Crippen molar-refractivity contribution in [1.82, 2.24) is 0 Å². The Kier molecular flexibility index (Phi) is 7.75. The Morgan fingerprint density at radius 3 is 2.23 bits per heavy atom. The van der Waals surface area contributed by atoms with Gasteiger partial charge in [0.2, 0.25) is 0 Å². The van der Waals surface area contributed by atoms with E-state index in [9.17, 15) is 10.5 Å². The first-order valence-electron chi connectivity index (χ1n) is 10.4. The van der Waals surface area contributed by atoms with Crippen molar-refractivity contribution in [3.8, 4) is 12.1 Å². The molecule has 4 heteroatoms. The van der Waals surface area contributed by atoms with Gasteiger partial charge in [0.1, 0.15) is 0 Å². The minimum absolute atomic E-state index is 0.00499. The number of benzene rings is 2. The zero-order chi connectivity index (χ0) is 22.3. The summed E-state index contributed by atoms with van der Waals surface area (Å²) in [6, 6.07) is 20.1. The lowest BCUT2D eigenvalue weighted by Gasteiger charge is -2.36. The molecule has 0 saturated carbocycles. The highest BCUT2D eigenvalue weighted by atomic mass is 35.5. The minimum Gasteiger partial charge on any atom is -0.196 e. The molecule has 0 amide bonds. The van der Waals surface area contributed by atoms with Crippen LogP contribution in [0.15, 0.2) is 78.9 Å². The molecule has 0 radical (unpaired) electrons. The van der Waals surface area contributed by atoms with E-state index in [4.69, 9.17) is 23.2 Å². The van der Waals surface area contributed by atoms with Gasteiger partial charge in [0.15, 0.2) is 5.41 Å². The Morgan fingerprint density at radius 2 is 1.65 bits per heavy atom. The van der Waals surface area contributed by atoms with Gasteiger partial charge in [-0.15, -0.1) is 6.58 Å². The molecule has 1 aliphatic rings. The van der Waals surface area contributed by atoms with E-state index in [1.807, 2.05) is 48.5 Å². The van der Waals surface area contributed by atoms with Crippen LogP contribution in [-0.4, -0.2) is 0 Å². The van der Waals surface area contributed by atoms with Gasteiger partial charge in [-0.25, -0.2) is 0 Å². The summed E-state index contributed by atoms with van der Waals surface area (Å²) in [6.07, 6.45) is 11.1. The van der Waals surface area contributed by atoms with Gasteiger partial charge in [0.05, 0.1) is 12.1 Å². The molecule has 0 heterocycles. The summed E-state index contributed by atoms with van der Waals surface area (Å²) in [5.41, 5.74) is 1.87. The van der Waals surface area contributed by atoms with E-state index in [1.165, 1.54) is 0 Å². The first-order valence-corrected chi connectivity index (χ1v) is 11.1. The summed E-state index contributed by atoms with van der Waals surface area (Å²) in [4.78, 5) is 0. The molecule has 2 unspecified atom stereocenters. The third-order valence-corrected chi connectivity index (χ3v) is 6.37. The monoisotopic (exact) mass is 446 g/mol. The van der Waals surface area contributed by atoms with Crippen molar-refractivity contribution >= 4 is 29.3 Å². The van der Waals surface area contributed by atoms with Crippen molar-refractivity contribution in [3.05, 3.63) is 100 Å². The molecule has 1 aliphatic carbocycles. The summed E-state index contributed by atoms with van der Waals surface area (Å²) >= 11 is 12.2. The molecule has 0 saturated heterocycles. The van der Waals surface area contributed by atoms with Gasteiger partial charge in [0, 0.05) is 22.4 Å². The predicted octanol–water partition coefficient (Wildman–Crippen LogP) is 8.13. The van der Waals surface area contributed by atoms with Crippen LogP contribution in [-0.2, 0) is 0 Å². The second kappa shape index (κ2) is 10.5. The van der Waals surface area contributed by atoms with Crippen molar-refractivity contribution in [2.45, 2.75) is 31.6 Å². The number of hydrogen-bond donors (Lipinski definition) is 0. The van der Waals surface area contributed by atoms with Crippen molar-refractivity contribution in [2.24, 2.45) is 11.3 Å². The number of nitriles is 2. The topological polar surface area (TPSA) is 47.6 Å². The quantitative estimate of drug-likeness (QED) is 0.402. The van der Waals surface area contributed by atoms with Gasteiger partial charge >= 0.3 is 0 Å². The minimum atomic E-state index is -1.19. The zero-order valence-electron chi connectivity index (χ0n) is 17.3.